The van der Waals surface area contributed by atoms with Crippen LogP contribution in [0.15, 0.2) is 12.4 Å². The molecule has 0 spiro atoms. The Morgan fingerprint density at radius 2 is 2.40 bits per heavy atom. The zero-order valence-corrected chi connectivity index (χ0v) is 9.36. The molecule has 0 radical (unpaired) electrons. The number of nitrogens with one attached hydrogen (secondary N) is 1. The minimum absolute atomic E-state index is 0.219. The number of rotatable bonds is 5. The van der Waals surface area contributed by atoms with Crippen LogP contribution in [0.2, 0.25) is 0 Å². The molecule has 0 amide bonds. The summed E-state index contributed by atoms with van der Waals surface area (Å²) in [7, 11) is 1.83. The Hall–Kier alpha value is -1.52. The van der Waals surface area contributed by atoms with Crippen molar-refractivity contribution in [2.45, 2.75) is 26.3 Å². The van der Waals surface area contributed by atoms with Crippen molar-refractivity contribution in [2.24, 2.45) is 7.05 Å². The lowest BCUT2D eigenvalue weighted by Crippen LogP contribution is -2.30. The van der Waals surface area contributed by atoms with Gasteiger partial charge in [-0.15, -0.1) is 0 Å². The van der Waals surface area contributed by atoms with Gasteiger partial charge >= 0.3 is 5.97 Å². The van der Waals surface area contributed by atoms with Crippen LogP contribution in [0.1, 0.15) is 20.3 Å². The highest BCUT2D eigenvalue weighted by Crippen LogP contribution is 2.08. The molecule has 1 N–H and O–H groups in total. The number of esters is 1. The average Bonchev–Trinajstić information content (AvgIpc) is 2.61. The van der Waals surface area contributed by atoms with E-state index in [1.54, 1.807) is 17.8 Å². The molecule has 1 rings (SSSR count). The monoisotopic (exact) mass is 211 g/mol. The average molecular weight is 211 g/mol. The number of aryl methyl sites for hydroxylation is 1. The summed E-state index contributed by atoms with van der Waals surface area (Å²) in [5, 5.41) is 7.09. The highest BCUT2D eigenvalue weighted by molar-refractivity contribution is 5.79. The first-order valence-corrected chi connectivity index (χ1v) is 5.09. The number of nitrogens with zero attached hydrogens (tertiary/aromatic N) is 2. The molecule has 1 atom stereocenters. The lowest BCUT2D eigenvalue weighted by Gasteiger charge is -2.14. The Balaban J connectivity index is 2.57. The second kappa shape index (κ2) is 5.38. The first kappa shape index (κ1) is 11.6. The predicted octanol–water partition coefficient (Wildman–Crippen LogP) is 1.17. The summed E-state index contributed by atoms with van der Waals surface area (Å²) < 4.78 is 6.63. The van der Waals surface area contributed by atoms with Gasteiger partial charge in [-0.05, 0) is 13.3 Å². The molecule has 0 fully saturated rings. The molecule has 1 heterocycles. The van der Waals surface area contributed by atoms with Crippen molar-refractivity contribution in [3.05, 3.63) is 12.4 Å². The standard InChI is InChI=1S/C10H17N3O2/c1-4-9(10(14)15-5-2)12-8-6-11-13(3)7-8/h6-7,9,12H,4-5H2,1-3H3. The zero-order chi connectivity index (χ0) is 11.3. The summed E-state index contributed by atoms with van der Waals surface area (Å²) in [6.07, 6.45) is 4.19. The van der Waals surface area contributed by atoms with E-state index in [1.165, 1.54) is 0 Å². The molecule has 5 heteroatoms. The van der Waals surface area contributed by atoms with Gasteiger partial charge in [0.15, 0.2) is 0 Å². The molecule has 1 unspecified atom stereocenters. The fourth-order valence-corrected chi connectivity index (χ4v) is 1.27. The minimum atomic E-state index is -0.297. The van der Waals surface area contributed by atoms with E-state index >= 15 is 0 Å². The van der Waals surface area contributed by atoms with E-state index in [9.17, 15) is 4.79 Å². The van der Waals surface area contributed by atoms with Gasteiger partial charge in [-0.1, -0.05) is 6.92 Å². The van der Waals surface area contributed by atoms with Gasteiger partial charge < -0.3 is 10.1 Å². The number of carbonyl (C=O) groups excluding carboxylic acids is 1. The molecular formula is C10H17N3O2. The van der Waals surface area contributed by atoms with E-state index in [-0.39, 0.29) is 12.0 Å². The van der Waals surface area contributed by atoms with E-state index in [2.05, 4.69) is 10.4 Å². The summed E-state index contributed by atoms with van der Waals surface area (Å²) in [6.45, 7) is 4.14. The van der Waals surface area contributed by atoms with E-state index in [0.717, 1.165) is 5.69 Å². The molecular weight excluding hydrogens is 194 g/mol. The highest BCUT2D eigenvalue weighted by atomic mass is 16.5. The number of hydrogen-bond acceptors (Lipinski definition) is 4. The third-order valence-electron chi connectivity index (χ3n) is 2.03. The van der Waals surface area contributed by atoms with Crippen molar-refractivity contribution >= 4 is 11.7 Å². The van der Waals surface area contributed by atoms with Crippen molar-refractivity contribution in [1.29, 1.82) is 0 Å². The van der Waals surface area contributed by atoms with Gasteiger partial charge in [-0.3, -0.25) is 4.68 Å². The van der Waals surface area contributed by atoms with Gasteiger partial charge in [0.2, 0.25) is 0 Å². The fourth-order valence-electron chi connectivity index (χ4n) is 1.27. The SMILES string of the molecule is CCOC(=O)C(CC)Nc1cnn(C)c1. The maximum Gasteiger partial charge on any atom is 0.328 e. The third-order valence-corrected chi connectivity index (χ3v) is 2.03. The highest BCUT2D eigenvalue weighted by Gasteiger charge is 2.17. The second-order valence-electron chi connectivity index (χ2n) is 3.26. The van der Waals surface area contributed by atoms with E-state index < -0.39 is 0 Å². The zero-order valence-electron chi connectivity index (χ0n) is 9.36. The number of carbonyl (C=O) groups is 1. The summed E-state index contributed by atoms with van der Waals surface area (Å²) in [6, 6.07) is -0.297. The summed E-state index contributed by atoms with van der Waals surface area (Å²) in [4.78, 5) is 11.5. The number of anilines is 1. The molecule has 1 aromatic heterocycles. The van der Waals surface area contributed by atoms with Crippen molar-refractivity contribution in [2.75, 3.05) is 11.9 Å². The minimum Gasteiger partial charge on any atom is -0.464 e. The van der Waals surface area contributed by atoms with Gasteiger partial charge in [-0.2, -0.15) is 5.10 Å². The largest absolute Gasteiger partial charge is 0.464 e. The van der Waals surface area contributed by atoms with Crippen LogP contribution in [0.4, 0.5) is 5.69 Å². The van der Waals surface area contributed by atoms with Crippen LogP contribution in [0.25, 0.3) is 0 Å². The molecule has 0 aliphatic carbocycles. The van der Waals surface area contributed by atoms with Crippen molar-refractivity contribution in [3.8, 4) is 0 Å². The summed E-state index contributed by atoms with van der Waals surface area (Å²) >= 11 is 0. The second-order valence-corrected chi connectivity index (χ2v) is 3.26. The van der Waals surface area contributed by atoms with Gasteiger partial charge in [0.05, 0.1) is 18.5 Å². The molecule has 0 bridgehead atoms. The molecule has 0 saturated heterocycles. The molecule has 0 saturated carbocycles. The van der Waals surface area contributed by atoms with E-state index in [4.69, 9.17) is 4.74 Å². The van der Waals surface area contributed by atoms with Crippen LogP contribution in [-0.2, 0) is 16.6 Å². The first-order valence-electron chi connectivity index (χ1n) is 5.09. The molecule has 84 valence electrons. The van der Waals surface area contributed by atoms with Gasteiger partial charge in [-0.25, -0.2) is 4.79 Å². The Morgan fingerprint density at radius 1 is 1.67 bits per heavy atom. The van der Waals surface area contributed by atoms with Crippen LogP contribution in [0.5, 0.6) is 0 Å². The quantitative estimate of drug-likeness (QED) is 0.743. The van der Waals surface area contributed by atoms with Crippen molar-refractivity contribution in [1.82, 2.24) is 9.78 Å². The van der Waals surface area contributed by atoms with Crippen LogP contribution in [0.3, 0.4) is 0 Å². The topological polar surface area (TPSA) is 56.1 Å². The fraction of sp³-hybridized carbons (Fsp3) is 0.600. The first-order chi connectivity index (χ1) is 7.17. The molecule has 1 aromatic rings. The lowest BCUT2D eigenvalue weighted by molar-refractivity contribution is -0.144. The van der Waals surface area contributed by atoms with Crippen molar-refractivity contribution in [3.63, 3.8) is 0 Å². The van der Waals surface area contributed by atoms with E-state index in [0.29, 0.717) is 13.0 Å². The summed E-state index contributed by atoms with van der Waals surface area (Å²) in [5.74, 6) is -0.219. The molecule has 15 heavy (non-hydrogen) atoms. The third kappa shape index (κ3) is 3.27. The van der Waals surface area contributed by atoms with E-state index in [1.807, 2.05) is 20.2 Å². The Labute approximate surface area is 89.4 Å². The Morgan fingerprint density at radius 3 is 2.87 bits per heavy atom. The van der Waals surface area contributed by atoms with Gasteiger partial charge in [0.1, 0.15) is 6.04 Å². The smallest absolute Gasteiger partial charge is 0.328 e. The Kier molecular flexibility index (Phi) is 4.15. The maximum absolute atomic E-state index is 11.5. The maximum atomic E-state index is 11.5. The predicted molar refractivity (Wildman–Crippen MR) is 57.5 cm³/mol. The van der Waals surface area contributed by atoms with Gasteiger partial charge in [0.25, 0.3) is 0 Å². The molecule has 0 aliphatic rings. The van der Waals surface area contributed by atoms with Crippen LogP contribution in [0, 0.1) is 0 Å². The number of aromatic nitrogens is 2. The number of ether oxygens (including phenoxy) is 1. The molecule has 0 aliphatic heterocycles. The molecule has 5 nitrogen and oxygen atoms in total. The Bertz CT molecular complexity index is 322. The van der Waals surface area contributed by atoms with Crippen LogP contribution >= 0.6 is 0 Å². The normalized spacial score (nSPS) is 12.2. The molecule has 0 aromatic carbocycles. The van der Waals surface area contributed by atoms with Gasteiger partial charge in [0, 0.05) is 13.2 Å². The summed E-state index contributed by atoms with van der Waals surface area (Å²) in [5.41, 5.74) is 0.831. The van der Waals surface area contributed by atoms with Crippen molar-refractivity contribution < 1.29 is 9.53 Å². The van der Waals surface area contributed by atoms with Crippen LogP contribution in [-0.4, -0.2) is 28.4 Å². The van der Waals surface area contributed by atoms with Crippen LogP contribution < -0.4 is 5.32 Å². The lowest BCUT2D eigenvalue weighted by atomic mass is 10.2. The number of hydrogen-bond donors (Lipinski definition) is 1.